The first kappa shape index (κ1) is 39.4. The Morgan fingerprint density at radius 3 is 1.60 bits per heavy atom. The number of methoxy groups -OCH3 is 2. The molecule has 0 aliphatic heterocycles. The quantitative estimate of drug-likeness (QED) is 0.0942. The molecule has 3 aromatic carbocycles. The third kappa shape index (κ3) is 10.4. The maximum Gasteiger partial charge on any atom is 0.341 e. The highest BCUT2D eigenvalue weighted by atomic mass is 16.6. The Labute approximate surface area is 312 Å². The van der Waals surface area contributed by atoms with Crippen LogP contribution in [0, 0.1) is 11.8 Å². The highest BCUT2D eigenvalue weighted by molar-refractivity contribution is 5.90. The lowest BCUT2D eigenvalue weighted by molar-refractivity contribution is -0.147. The Hall–Kier alpha value is -4.83. The van der Waals surface area contributed by atoms with Gasteiger partial charge in [-0.05, 0) is 121 Å². The Morgan fingerprint density at radius 2 is 1.08 bits per heavy atom. The summed E-state index contributed by atoms with van der Waals surface area (Å²) in [6.07, 6.45) is 7.66. The van der Waals surface area contributed by atoms with E-state index in [1.807, 2.05) is 24.3 Å². The fourth-order valence-electron chi connectivity index (χ4n) is 7.41. The van der Waals surface area contributed by atoms with Crippen LogP contribution in [0.25, 0.3) is 22.3 Å². The minimum Gasteiger partial charge on any atom is -0.459 e. The smallest absolute Gasteiger partial charge is 0.341 e. The summed E-state index contributed by atoms with van der Waals surface area (Å²) in [5, 5.41) is 9.18. The van der Waals surface area contributed by atoms with Crippen molar-refractivity contribution in [2.45, 2.75) is 63.4 Å². The largest absolute Gasteiger partial charge is 0.459 e. The summed E-state index contributed by atoms with van der Waals surface area (Å²) in [6, 6.07) is 21.6. The molecule has 5 rings (SSSR count). The highest BCUT2D eigenvalue weighted by Crippen LogP contribution is 2.46. The van der Waals surface area contributed by atoms with Gasteiger partial charge in [0.25, 0.3) is 0 Å². The number of rotatable bonds is 15. The standard InChI is InChI=1S/C44H50O9/c1-28(25-45)42(46)51-38-19-14-34(15-20-38)32-10-12-36(13-11-32)40-24-37(18-23-41(40)53-44(48)30(3)27-50-5)35-8-6-31(7-9-35)33-16-21-39(22-17-33)52-43(47)29(2)26-49-4/h6-9,16-18,21-24,32,34,36,38,45H,1-3,10-15,19-20,25-27H2,4-5H3. The van der Waals surface area contributed by atoms with E-state index in [4.69, 9.17) is 23.7 Å². The Bertz CT molecular complexity index is 1770. The monoisotopic (exact) mass is 722 g/mol. The summed E-state index contributed by atoms with van der Waals surface area (Å²) in [6.45, 7) is 10.9. The van der Waals surface area contributed by atoms with Crippen LogP contribution in [0.1, 0.15) is 62.8 Å². The van der Waals surface area contributed by atoms with Crippen LogP contribution in [0.2, 0.25) is 0 Å². The molecule has 2 aliphatic carbocycles. The number of hydrogen-bond donors (Lipinski definition) is 1. The van der Waals surface area contributed by atoms with E-state index in [9.17, 15) is 19.5 Å². The van der Waals surface area contributed by atoms with Crippen molar-refractivity contribution in [1.29, 1.82) is 0 Å². The van der Waals surface area contributed by atoms with Gasteiger partial charge in [-0.1, -0.05) is 62.2 Å². The van der Waals surface area contributed by atoms with Gasteiger partial charge in [0.05, 0.1) is 36.5 Å². The molecule has 0 radical (unpaired) electrons. The molecule has 2 fully saturated rings. The van der Waals surface area contributed by atoms with Gasteiger partial charge in [0.2, 0.25) is 0 Å². The summed E-state index contributed by atoms with van der Waals surface area (Å²) >= 11 is 0. The van der Waals surface area contributed by atoms with Crippen LogP contribution in [0.15, 0.2) is 103 Å². The lowest BCUT2D eigenvalue weighted by Gasteiger charge is -2.38. The van der Waals surface area contributed by atoms with Gasteiger partial charge in [0, 0.05) is 14.2 Å². The van der Waals surface area contributed by atoms with Gasteiger partial charge < -0.3 is 28.8 Å². The molecular formula is C44H50O9. The van der Waals surface area contributed by atoms with Gasteiger partial charge in [-0.2, -0.15) is 0 Å². The first-order valence-electron chi connectivity index (χ1n) is 18.2. The SMILES string of the molecule is C=C(COC)C(=O)Oc1ccc(-c2ccc(-c3ccc(OC(=O)C(=C)COC)c(C4CCC(C5CCC(OC(=O)C(=C)CO)CC5)CC4)c3)cc2)cc1. The van der Waals surface area contributed by atoms with Crippen LogP contribution in [0.5, 0.6) is 11.5 Å². The highest BCUT2D eigenvalue weighted by Gasteiger charge is 2.33. The second-order valence-electron chi connectivity index (χ2n) is 14.0. The van der Waals surface area contributed by atoms with Crippen LogP contribution >= 0.6 is 0 Å². The summed E-state index contributed by atoms with van der Waals surface area (Å²) in [7, 11) is 3.02. The first-order valence-corrected chi connectivity index (χ1v) is 18.2. The lowest BCUT2D eigenvalue weighted by atomic mass is 9.69. The van der Waals surface area contributed by atoms with E-state index < -0.39 is 17.9 Å². The number of carbonyl (C=O) groups is 3. The second kappa shape index (κ2) is 18.8. The Balaban J connectivity index is 1.27. The molecular weight excluding hydrogens is 672 g/mol. The number of esters is 3. The van der Waals surface area contributed by atoms with Crippen molar-refractivity contribution in [2.24, 2.45) is 11.8 Å². The van der Waals surface area contributed by atoms with Crippen molar-refractivity contribution < 1.29 is 43.2 Å². The van der Waals surface area contributed by atoms with Gasteiger partial charge in [-0.3, -0.25) is 0 Å². The average Bonchev–Trinajstić information content (AvgIpc) is 3.18. The van der Waals surface area contributed by atoms with Gasteiger partial charge >= 0.3 is 17.9 Å². The van der Waals surface area contributed by atoms with E-state index in [0.717, 1.165) is 79.2 Å². The minimum atomic E-state index is -0.524. The van der Waals surface area contributed by atoms with Crippen molar-refractivity contribution in [2.75, 3.05) is 34.0 Å². The molecule has 0 heterocycles. The molecule has 280 valence electrons. The van der Waals surface area contributed by atoms with Crippen molar-refractivity contribution >= 4 is 17.9 Å². The van der Waals surface area contributed by atoms with Crippen molar-refractivity contribution in [3.05, 3.63) is 109 Å². The fourth-order valence-corrected chi connectivity index (χ4v) is 7.41. The third-order valence-electron chi connectivity index (χ3n) is 10.4. The van der Waals surface area contributed by atoms with E-state index in [2.05, 4.69) is 50.1 Å². The number of hydrogen-bond acceptors (Lipinski definition) is 9. The molecule has 0 saturated heterocycles. The van der Waals surface area contributed by atoms with Crippen LogP contribution in [0.3, 0.4) is 0 Å². The molecule has 9 heteroatoms. The predicted octanol–water partition coefficient (Wildman–Crippen LogP) is 8.16. The van der Waals surface area contributed by atoms with E-state index in [1.165, 1.54) is 14.2 Å². The van der Waals surface area contributed by atoms with Crippen molar-refractivity contribution in [3.63, 3.8) is 0 Å². The van der Waals surface area contributed by atoms with Gasteiger partial charge in [-0.25, -0.2) is 14.4 Å². The zero-order valence-corrected chi connectivity index (χ0v) is 30.8. The minimum absolute atomic E-state index is 0.0921. The third-order valence-corrected chi connectivity index (χ3v) is 10.4. The van der Waals surface area contributed by atoms with Gasteiger partial charge in [-0.15, -0.1) is 0 Å². The summed E-state index contributed by atoms with van der Waals surface area (Å²) in [4.78, 5) is 37.2. The van der Waals surface area contributed by atoms with E-state index >= 15 is 0 Å². The fraction of sp³-hybridized carbons (Fsp3) is 0.386. The first-order chi connectivity index (χ1) is 25.6. The van der Waals surface area contributed by atoms with Crippen molar-refractivity contribution in [3.8, 4) is 33.8 Å². The number of carbonyl (C=O) groups excluding carboxylic acids is 3. The maximum atomic E-state index is 12.9. The summed E-state index contributed by atoms with van der Waals surface area (Å²) < 4.78 is 26.9. The lowest BCUT2D eigenvalue weighted by Crippen LogP contribution is -2.30. The van der Waals surface area contributed by atoms with Crippen LogP contribution in [-0.4, -0.2) is 63.2 Å². The molecule has 53 heavy (non-hydrogen) atoms. The number of aliphatic hydroxyl groups is 1. The number of aliphatic hydroxyl groups excluding tert-OH is 1. The summed E-state index contributed by atoms with van der Waals surface area (Å²) in [5.74, 6) is 0.850. The molecule has 2 aliphatic rings. The molecule has 0 atom stereocenters. The van der Waals surface area contributed by atoms with E-state index in [-0.39, 0.29) is 48.6 Å². The molecule has 0 spiro atoms. The topological polar surface area (TPSA) is 118 Å². The molecule has 0 aromatic heterocycles. The molecule has 0 unspecified atom stereocenters. The molecule has 0 bridgehead atoms. The molecule has 0 amide bonds. The van der Waals surface area contributed by atoms with Crippen LogP contribution in [-0.2, 0) is 28.6 Å². The Morgan fingerprint density at radius 1 is 0.604 bits per heavy atom. The number of ether oxygens (including phenoxy) is 5. The molecule has 9 nitrogen and oxygen atoms in total. The molecule has 1 N–H and O–H groups in total. The van der Waals surface area contributed by atoms with E-state index in [1.54, 1.807) is 12.1 Å². The summed E-state index contributed by atoms with van der Waals surface area (Å²) in [5.41, 5.74) is 5.66. The van der Waals surface area contributed by atoms with Crippen molar-refractivity contribution in [1.82, 2.24) is 0 Å². The zero-order valence-electron chi connectivity index (χ0n) is 30.8. The average molecular weight is 723 g/mol. The molecule has 2 saturated carbocycles. The van der Waals surface area contributed by atoms with Crippen LogP contribution < -0.4 is 9.47 Å². The van der Waals surface area contributed by atoms with E-state index in [0.29, 0.717) is 23.3 Å². The normalized spacial score (nSPS) is 19.8. The zero-order chi connectivity index (χ0) is 37.9. The van der Waals surface area contributed by atoms with Gasteiger partial charge in [0.1, 0.15) is 17.6 Å². The van der Waals surface area contributed by atoms with Gasteiger partial charge in [0.15, 0.2) is 0 Å². The predicted molar refractivity (Wildman–Crippen MR) is 203 cm³/mol. The van der Waals surface area contributed by atoms with Crippen LogP contribution in [0.4, 0.5) is 0 Å². The Kier molecular flexibility index (Phi) is 14.0. The maximum absolute atomic E-state index is 12.9. The molecule has 3 aromatic rings. The second-order valence-corrected chi connectivity index (χ2v) is 14.0. The number of benzene rings is 3.